The summed E-state index contributed by atoms with van der Waals surface area (Å²) in [5, 5.41) is 10.1. The van der Waals surface area contributed by atoms with Gasteiger partial charge in [-0.15, -0.1) is 0 Å². The Balaban J connectivity index is 2.20. The predicted molar refractivity (Wildman–Crippen MR) is 76.9 cm³/mol. The van der Waals surface area contributed by atoms with Crippen molar-refractivity contribution in [1.29, 1.82) is 0 Å². The molecular weight excluding hydrogens is 226 g/mol. The molecule has 1 fully saturated rings. The third-order valence-corrected chi connectivity index (χ3v) is 3.40. The predicted octanol–water partition coefficient (Wildman–Crippen LogP) is 0.493. The summed E-state index contributed by atoms with van der Waals surface area (Å²) < 4.78 is 0. The van der Waals surface area contributed by atoms with Gasteiger partial charge in [0.05, 0.1) is 6.10 Å². The summed E-state index contributed by atoms with van der Waals surface area (Å²) in [6.45, 7) is 11.0. The molecule has 106 valence electrons. The zero-order valence-electron chi connectivity index (χ0n) is 12.4. The summed E-state index contributed by atoms with van der Waals surface area (Å²) in [6.07, 6.45) is 1.95. The molecule has 0 amide bonds. The highest BCUT2D eigenvalue weighted by atomic mass is 16.3. The fourth-order valence-electron chi connectivity index (χ4n) is 2.16. The number of likely N-dealkylation sites (N-methyl/N-ethyl adjacent to an activating group) is 2. The minimum atomic E-state index is -0.246. The van der Waals surface area contributed by atoms with Crippen LogP contribution >= 0.6 is 0 Å². The van der Waals surface area contributed by atoms with Gasteiger partial charge in [0.15, 0.2) is 0 Å². The minimum absolute atomic E-state index is 0.246. The minimum Gasteiger partial charge on any atom is -0.390 e. The summed E-state index contributed by atoms with van der Waals surface area (Å²) in [4.78, 5) is 6.87. The van der Waals surface area contributed by atoms with Crippen LogP contribution in [0.2, 0.25) is 0 Å². The second-order valence-electron chi connectivity index (χ2n) is 5.76. The molecule has 1 N–H and O–H groups in total. The second-order valence-corrected chi connectivity index (χ2v) is 5.76. The van der Waals surface area contributed by atoms with E-state index in [1.165, 1.54) is 5.57 Å². The van der Waals surface area contributed by atoms with Crippen molar-refractivity contribution in [1.82, 2.24) is 14.7 Å². The fourth-order valence-corrected chi connectivity index (χ4v) is 2.16. The smallest absolute Gasteiger partial charge is 0.0793 e. The number of β-amino-alcohol motifs (C(OH)–C–C–N with tert-alkyl or cyclic N) is 1. The van der Waals surface area contributed by atoms with Crippen LogP contribution in [0.5, 0.6) is 0 Å². The van der Waals surface area contributed by atoms with Crippen molar-refractivity contribution >= 4 is 0 Å². The van der Waals surface area contributed by atoms with Crippen molar-refractivity contribution in [3.63, 3.8) is 0 Å². The molecule has 1 aliphatic heterocycles. The van der Waals surface area contributed by atoms with E-state index in [0.717, 1.165) is 45.8 Å². The van der Waals surface area contributed by atoms with E-state index >= 15 is 0 Å². The lowest BCUT2D eigenvalue weighted by Crippen LogP contribution is -2.48. The third kappa shape index (κ3) is 6.50. The first-order valence-electron chi connectivity index (χ1n) is 6.88. The number of allylic oxidation sites excluding steroid dienone is 1. The molecule has 0 saturated carbocycles. The van der Waals surface area contributed by atoms with Crippen LogP contribution < -0.4 is 0 Å². The van der Waals surface area contributed by atoms with Crippen molar-refractivity contribution < 1.29 is 5.11 Å². The summed E-state index contributed by atoms with van der Waals surface area (Å²) in [5.41, 5.74) is 1.33. The van der Waals surface area contributed by atoms with E-state index in [2.05, 4.69) is 48.7 Å². The first kappa shape index (κ1) is 15.6. The Kier molecular flexibility index (Phi) is 6.86. The average Bonchev–Trinajstić information content (AvgIpc) is 2.29. The highest BCUT2D eigenvalue weighted by molar-refractivity contribution is 4.94. The van der Waals surface area contributed by atoms with Gasteiger partial charge in [-0.25, -0.2) is 0 Å². The van der Waals surface area contributed by atoms with E-state index in [9.17, 15) is 5.11 Å². The highest BCUT2D eigenvalue weighted by Crippen LogP contribution is 2.02. The van der Waals surface area contributed by atoms with Gasteiger partial charge >= 0.3 is 0 Å². The van der Waals surface area contributed by atoms with Crippen LogP contribution in [0.25, 0.3) is 0 Å². The molecule has 1 atom stereocenters. The molecule has 0 radical (unpaired) electrons. The maximum absolute atomic E-state index is 10.1. The Morgan fingerprint density at radius 2 is 1.89 bits per heavy atom. The molecule has 0 aliphatic carbocycles. The molecule has 0 spiro atoms. The fraction of sp³-hybridized carbons (Fsp3) is 0.857. The van der Waals surface area contributed by atoms with Crippen LogP contribution in [0, 0.1) is 0 Å². The number of aliphatic hydroxyl groups excluding tert-OH is 1. The maximum Gasteiger partial charge on any atom is 0.0793 e. The van der Waals surface area contributed by atoms with Crippen LogP contribution in [0.1, 0.15) is 13.8 Å². The summed E-state index contributed by atoms with van der Waals surface area (Å²) in [6, 6.07) is 0. The average molecular weight is 255 g/mol. The number of hydrogen-bond donors (Lipinski definition) is 1. The van der Waals surface area contributed by atoms with Crippen molar-refractivity contribution in [3.8, 4) is 0 Å². The van der Waals surface area contributed by atoms with E-state index in [-0.39, 0.29) is 6.10 Å². The highest BCUT2D eigenvalue weighted by Gasteiger charge is 2.17. The van der Waals surface area contributed by atoms with Gasteiger partial charge in [-0.1, -0.05) is 11.6 Å². The Hall–Kier alpha value is -0.420. The molecule has 1 saturated heterocycles. The third-order valence-electron chi connectivity index (χ3n) is 3.40. The maximum atomic E-state index is 10.1. The lowest BCUT2D eigenvalue weighted by Gasteiger charge is -2.34. The van der Waals surface area contributed by atoms with Crippen molar-refractivity contribution in [2.24, 2.45) is 0 Å². The van der Waals surface area contributed by atoms with Crippen LogP contribution in [-0.4, -0.2) is 85.8 Å². The van der Waals surface area contributed by atoms with Gasteiger partial charge in [0.2, 0.25) is 0 Å². The Morgan fingerprint density at radius 3 is 2.44 bits per heavy atom. The van der Waals surface area contributed by atoms with Gasteiger partial charge in [-0.05, 0) is 27.9 Å². The number of nitrogens with zero attached hydrogens (tertiary/aromatic N) is 3. The van der Waals surface area contributed by atoms with E-state index in [0.29, 0.717) is 0 Å². The number of aliphatic hydroxyl groups is 1. The molecule has 4 heteroatoms. The van der Waals surface area contributed by atoms with Crippen molar-refractivity contribution in [2.75, 3.05) is 59.9 Å². The summed E-state index contributed by atoms with van der Waals surface area (Å²) in [5.74, 6) is 0. The Bertz CT molecular complexity index is 256. The molecule has 1 unspecified atom stereocenters. The molecule has 4 nitrogen and oxygen atoms in total. The molecule has 0 aromatic rings. The second kappa shape index (κ2) is 7.89. The van der Waals surface area contributed by atoms with E-state index in [1.54, 1.807) is 0 Å². The molecule has 1 rings (SSSR count). The van der Waals surface area contributed by atoms with Gasteiger partial charge in [0.1, 0.15) is 0 Å². The zero-order valence-corrected chi connectivity index (χ0v) is 12.4. The Morgan fingerprint density at radius 1 is 1.28 bits per heavy atom. The van der Waals surface area contributed by atoms with E-state index in [1.807, 2.05) is 0 Å². The van der Waals surface area contributed by atoms with Crippen LogP contribution in [0.4, 0.5) is 0 Å². The van der Waals surface area contributed by atoms with Gasteiger partial charge in [0.25, 0.3) is 0 Å². The lowest BCUT2D eigenvalue weighted by atomic mass is 10.2. The largest absolute Gasteiger partial charge is 0.390 e. The normalized spacial score (nSPS) is 20.1. The summed E-state index contributed by atoms with van der Waals surface area (Å²) >= 11 is 0. The van der Waals surface area contributed by atoms with Crippen molar-refractivity contribution in [2.45, 2.75) is 20.0 Å². The van der Waals surface area contributed by atoms with E-state index < -0.39 is 0 Å². The first-order valence-corrected chi connectivity index (χ1v) is 6.88. The topological polar surface area (TPSA) is 30.0 Å². The molecule has 18 heavy (non-hydrogen) atoms. The van der Waals surface area contributed by atoms with Gasteiger partial charge in [0, 0.05) is 45.8 Å². The van der Waals surface area contributed by atoms with Gasteiger partial charge in [-0.2, -0.15) is 0 Å². The van der Waals surface area contributed by atoms with E-state index in [4.69, 9.17) is 0 Å². The number of rotatable bonds is 6. The molecular formula is C14H29N3O. The SMILES string of the molecule is CC(C)=CCN(C)CC(O)CN1CCN(C)CC1. The zero-order chi connectivity index (χ0) is 13.5. The Labute approximate surface area is 112 Å². The quantitative estimate of drug-likeness (QED) is 0.700. The lowest BCUT2D eigenvalue weighted by molar-refractivity contribution is 0.0628. The van der Waals surface area contributed by atoms with Gasteiger partial charge in [-0.3, -0.25) is 4.90 Å². The van der Waals surface area contributed by atoms with Crippen LogP contribution in [-0.2, 0) is 0 Å². The summed E-state index contributed by atoms with van der Waals surface area (Å²) in [7, 11) is 4.22. The molecule has 1 heterocycles. The van der Waals surface area contributed by atoms with Gasteiger partial charge < -0.3 is 14.9 Å². The molecule has 0 aromatic carbocycles. The molecule has 0 bridgehead atoms. The first-order chi connectivity index (χ1) is 8.47. The number of hydrogen-bond acceptors (Lipinski definition) is 4. The standard InChI is InChI=1S/C14H29N3O/c1-13(2)5-6-16(4)11-14(18)12-17-9-7-15(3)8-10-17/h5,14,18H,6-12H2,1-4H3. The van der Waals surface area contributed by atoms with Crippen LogP contribution in [0.15, 0.2) is 11.6 Å². The van der Waals surface area contributed by atoms with Crippen molar-refractivity contribution in [3.05, 3.63) is 11.6 Å². The molecule has 1 aliphatic rings. The monoisotopic (exact) mass is 255 g/mol. The van der Waals surface area contributed by atoms with Crippen LogP contribution in [0.3, 0.4) is 0 Å². The molecule has 0 aromatic heterocycles. The number of piperazine rings is 1.